The lowest BCUT2D eigenvalue weighted by Gasteiger charge is -2.34. The number of anilines is 1. The van der Waals surface area contributed by atoms with Crippen molar-refractivity contribution in [1.82, 2.24) is 4.31 Å². The molecule has 2 aliphatic rings. The first-order valence-corrected chi connectivity index (χ1v) is 11.6. The van der Waals surface area contributed by atoms with E-state index in [2.05, 4.69) is 19.2 Å². The molecule has 2 aliphatic heterocycles. The molecule has 30 heavy (non-hydrogen) atoms. The second kappa shape index (κ2) is 8.28. The van der Waals surface area contributed by atoms with E-state index in [1.165, 1.54) is 0 Å². The summed E-state index contributed by atoms with van der Waals surface area (Å²) in [5, 5.41) is 2.79. The first kappa shape index (κ1) is 20.7. The van der Waals surface area contributed by atoms with Crippen LogP contribution in [0, 0.1) is 11.8 Å². The van der Waals surface area contributed by atoms with Crippen LogP contribution in [-0.2, 0) is 10.0 Å². The number of nitrogens with one attached hydrogen (secondary N) is 1. The average molecular weight is 431 g/mol. The Labute approximate surface area is 177 Å². The summed E-state index contributed by atoms with van der Waals surface area (Å²) in [7, 11) is -3.55. The van der Waals surface area contributed by atoms with E-state index in [-0.39, 0.29) is 10.8 Å². The summed E-state index contributed by atoms with van der Waals surface area (Å²) in [6.07, 6.45) is 1.04. The van der Waals surface area contributed by atoms with Crippen LogP contribution in [0.3, 0.4) is 0 Å². The van der Waals surface area contributed by atoms with Crippen LogP contribution in [0.25, 0.3) is 0 Å². The Hall–Kier alpha value is -2.58. The summed E-state index contributed by atoms with van der Waals surface area (Å²) < 4.78 is 38.5. The van der Waals surface area contributed by atoms with Crippen LogP contribution in [0.15, 0.2) is 47.4 Å². The maximum absolute atomic E-state index is 13.0. The number of rotatable bonds is 4. The third-order valence-electron chi connectivity index (χ3n) is 5.39. The number of hydrogen-bond acceptors (Lipinski definition) is 5. The van der Waals surface area contributed by atoms with Crippen molar-refractivity contribution in [2.24, 2.45) is 11.8 Å². The number of hydrogen-bond donors (Lipinski definition) is 1. The van der Waals surface area contributed by atoms with Crippen molar-refractivity contribution < 1.29 is 22.7 Å². The van der Waals surface area contributed by atoms with Gasteiger partial charge >= 0.3 is 0 Å². The van der Waals surface area contributed by atoms with Crippen LogP contribution in [0.2, 0.25) is 0 Å². The van der Waals surface area contributed by atoms with Crippen LogP contribution < -0.4 is 14.8 Å². The molecule has 0 spiro atoms. The highest BCUT2D eigenvalue weighted by atomic mass is 32.2. The zero-order valence-corrected chi connectivity index (χ0v) is 17.9. The zero-order valence-electron chi connectivity index (χ0n) is 17.1. The number of amides is 1. The SMILES string of the molecule is CC1CC(C)CN(S(=O)(=O)c2ccc(NC(=O)c3ccc4c(c3)OCCO4)cc2)C1. The maximum Gasteiger partial charge on any atom is 0.255 e. The summed E-state index contributed by atoms with van der Waals surface area (Å²) in [6.45, 7) is 6.17. The van der Waals surface area contributed by atoms with Crippen molar-refractivity contribution in [3.63, 3.8) is 0 Å². The Balaban J connectivity index is 1.46. The molecule has 2 aromatic carbocycles. The van der Waals surface area contributed by atoms with E-state index in [0.29, 0.717) is 60.9 Å². The van der Waals surface area contributed by atoms with Crippen molar-refractivity contribution >= 4 is 21.6 Å². The summed E-state index contributed by atoms with van der Waals surface area (Å²) in [4.78, 5) is 12.8. The van der Waals surface area contributed by atoms with Gasteiger partial charge < -0.3 is 14.8 Å². The fourth-order valence-corrected chi connectivity index (χ4v) is 5.73. The summed E-state index contributed by atoms with van der Waals surface area (Å²) >= 11 is 0. The highest BCUT2D eigenvalue weighted by Gasteiger charge is 2.31. The topological polar surface area (TPSA) is 84.9 Å². The first-order chi connectivity index (χ1) is 14.3. The normalized spacial score (nSPS) is 21.8. The van der Waals surface area contributed by atoms with Crippen molar-refractivity contribution in [3.05, 3.63) is 48.0 Å². The van der Waals surface area contributed by atoms with Gasteiger partial charge in [-0.25, -0.2) is 8.42 Å². The minimum absolute atomic E-state index is 0.237. The van der Waals surface area contributed by atoms with Crippen LogP contribution in [0.1, 0.15) is 30.6 Å². The number of piperidine rings is 1. The standard InChI is InChI=1S/C22H26N2O5S/c1-15-11-16(2)14-24(13-15)30(26,27)19-6-4-18(5-7-19)23-22(25)17-3-8-20-21(12-17)29-10-9-28-20/h3-8,12,15-16H,9-11,13-14H2,1-2H3,(H,23,25). The predicted molar refractivity (Wildman–Crippen MR) is 114 cm³/mol. The van der Waals surface area contributed by atoms with Gasteiger partial charge in [-0.3, -0.25) is 4.79 Å². The number of carbonyl (C=O) groups is 1. The van der Waals surface area contributed by atoms with E-state index in [4.69, 9.17) is 9.47 Å². The minimum Gasteiger partial charge on any atom is -0.486 e. The molecule has 0 radical (unpaired) electrons. The highest BCUT2D eigenvalue weighted by molar-refractivity contribution is 7.89. The maximum atomic E-state index is 13.0. The van der Waals surface area contributed by atoms with Crippen molar-refractivity contribution in [2.45, 2.75) is 25.2 Å². The Morgan fingerprint density at radius 3 is 2.27 bits per heavy atom. The number of carbonyl (C=O) groups excluding carboxylic acids is 1. The zero-order chi connectivity index (χ0) is 21.3. The number of nitrogens with zero attached hydrogens (tertiary/aromatic N) is 1. The van der Waals surface area contributed by atoms with E-state index in [0.717, 1.165) is 6.42 Å². The van der Waals surface area contributed by atoms with E-state index in [1.807, 2.05) is 0 Å². The van der Waals surface area contributed by atoms with Crippen LogP contribution in [0.5, 0.6) is 11.5 Å². The second-order valence-corrected chi connectivity index (χ2v) is 10.0. The summed E-state index contributed by atoms with van der Waals surface area (Å²) in [5.41, 5.74) is 0.960. The van der Waals surface area contributed by atoms with Gasteiger partial charge in [-0.05, 0) is 60.7 Å². The molecule has 0 aliphatic carbocycles. The van der Waals surface area contributed by atoms with Crippen molar-refractivity contribution in [1.29, 1.82) is 0 Å². The molecule has 0 bridgehead atoms. The van der Waals surface area contributed by atoms with Gasteiger partial charge in [-0.1, -0.05) is 13.8 Å². The lowest BCUT2D eigenvalue weighted by atomic mass is 9.94. The number of ether oxygens (including phenoxy) is 2. The van der Waals surface area contributed by atoms with Gasteiger partial charge in [0.05, 0.1) is 4.90 Å². The smallest absolute Gasteiger partial charge is 0.255 e. The van der Waals surface area contributed by atoms with Crippen LogP contribution >= 0.6 is 0 Å². The molecule has 2 aromatic rings. The molecule has 160 valence electrons. The number of sulfonamides is 1. The lowest BCUT2D eigenvalue weighted by molar-refractivity contribution is 0.102. The average Bonchev–Trinajstić information content (AvgIpc) is 2.73. The molecule has 2 heterocycles. The van der Waals surface area contributed by atoms with Gasteiger partial charge in [-0.2, -0.15) is 4.31 Å². The molecular weight excluding hydrogens is 404 g/mol. The van der Waals surface area contributed by atoms with E-state index in [1.54, 1.807) is 46.8 Å². The molecule has 2 unspecified atom stereocenters. The summed E-state index contributed by atoms with van der Waals surface area (Å²) in [6, 6.07) is 11.3. The fourth-order valence-electron chi connectivity index (χ4n) is 4.05. The minimum atomic E-state index is -3.55. The van der Waals surface area contributed by atoms with Crippen LogP contribution in [-0.4, -0.2) is 44.9 Å². The fraction of sp³-hybridized carbons (Fsp3) is 0.409. The first-order valence-electron chi connectivity index (χ1n) is 10.1. The van der Waals surface area contributed by atoms with Crippen molar-refractivity contribution in [2.75, 3.05) is 31.6 Å². The van der Waals surface area contributed by atoms with E-state index < -0.39 is 10.0 Å². The molecule has 2 atom stereocenters. The quantitative estimate of drug-likeness (QED) is 0.804. The Bertz CT molecular complexity index is 1030. The van der Waals surface area contributed by atoms with Gasteiger partial charge in [0.15, 0.2) is 11.5 Å². The molecular formula is C22H26N2O5S. The van der Waals surface area contributed by atoms with Gasteiger partial charge in [0.25, 0.3) is 5.91 Å². The van der Waals surface area contributed by atoms with Gasteiger partial charge in [0.2, 0.25) is 10.0 Å². The predicted octanol–water partition coefficient (Wildman–Crippen LogP) is 3.38. The van der Waals surface area contributed by atoms with Gasteiger partial charge in [0.1, 0.15) is 13.2 Å². The molecule has 0 saturated carbocycles. The second-order valence-electron chi connectivity index (χ2n) is 8.11. The number of fused-ring (bicyclic) bond motifs is 1. The Kier molecular flexibility index (Phi) is 5.71. The van der Waals surface area contributed by atoms with Crippen molar-refractivity contribution in [3.8, 4) is 11.5 Å². The lowest BCUT2D eigenvalue weighted by Crippen LogP contribution is -2.42. The van der Waals surface area contributed by atoms with Gasteiger partial charge in [0, 0.05) is 24.3 Å². The van der Waals surface area contributed by atoms with Crippen LogP contribution in [0.4, 0.5) is 5.69 Å². The molecule has 1 fully saturated rings. The molecule has 1 N–H and O–H groups in total. The number of benzene rings is 2. The van der Waals surface area contributed by atoms with Gasteiger partial charge in [-0.15, -0.1) is 0 Å². The molecule has 1 saturated heterocycles. The Morgan fingerprint density at radius 2 is 1.60 bits per heavy atom. The van der Waals surface area contributed by atoms with E-state index in [9.17, 15) is 13.2 Å². The Morgan fingerprint density at radius 1 is 0.967 bits per heavy atom. The molecule has 8 heteroatoms. The third kappa shape index (κ3) is 4.29. The van der Waals surface area contributed by atoms with E-state index >= 15 is 0 Å². The third-order valence-corrected chi connectivity index (χ3v) is 7.24. The molecule has 7 nitrogen and oxygen atoms in total. The largest absolute Gasteiger partial charge is 0.486 e. The monoisotopic (exact) mass is 430 g/mol. The molecule has 1 amide bonds. The highest BCUT2D eigenvalue weighted by Crippen LogP contribution is 2.31. The molecule has 0 aromatic heterocycles. The summed E-state index contributed by atoms with van der Waals surface area (Å²) in [5.74, 6) is 1.54. The molecule has 4 rings (SSSR count).